The number of carbonyl (C=O) groups is 1. The minimum atomic E-state index is -0.565. The van der Waals surface area contributed by atoms with Gasteiger partial charge in [0.2, 0.25) is 0 Å². The van der Waals surface area contributed by atoms with Gasteiger partial charge in [0.1, 0.15) is 0 Å². The number of hydrogen-bond acceptors (Lipinski definition) is 3. The zero-order valence-corrected chi connectivity index (χ0v) is 8.24. The van der Waals surface area contributed by atoms with Crippen LogP contribution in [0.4, 0.5) is 4.79 Å². The number of amides is 1. The van der Waals surface area contributed by atoms with Crippen LogP contribution in [0.15, 0.2) is 12.7 Å². The summed E-state index contributed by atoms with van der Waals surface area (Å²) in [6.07, 6.45) is 1.09. The lowest BCUT2D eigenvalue weighted by Gasteiger charge is -2.09. The summed E-state index contributed by atoms with van der Waals surface area (Å²) in [5, 5.41) is 3.07. The van der Waals surface area contributed by atoms with Crippen LogP contribution in [0.5, 0.6) is 0 Å². The van der Waals surface area contributed by atoms with Crippen LogP contribution in [-0.2, 0) is 4.74 Å². The number of hydrazine groups is 1. The van der Waals surface area contributed by atoms with Gasteiger partial charge in [0.25, 0.3) is 0 Å². The Bertz CT molecular complexity index is 196. The Hall–Kier alpha value is -1.30. The van der Waals surface area contributed by atoms with Crippen LogP contribution >= 0.6 is 12.2 Å². The van der Waals surface area contributed by atoms with Crippen molar-refractivity contribution in [3.8, 4) is 0 Å². The van der Waals surface area contributed by atoms with Crippen molar-refractivity contribution in [3.63, 3.8) is 0 Å². The van der Waals surface area contributed by atoms with Crippen molar-refractivity contribution < 1.29 is 9.53 Å². The van der Waals surface area contributed by atoms with E-state index in [4.69, 9.17) is 12.2 Å². The summed E-state index contributed by atoms with van der Waals surface area (Å²) in [6, 6.07) is 0. The van der Waals surface area contributed by atoms with E-state index >= 15 is 0 Å². The van der Waals surface area contributed by atoms with Crippen molar-refractivity contribution in [1.29, 1.82) is 0 Å². The molecule has 0 bridgehead atoms. The molecule has 0 aliphatic heterocycles. The molecule has 0 saturated carbocycles. The van der Waals surface area contributed by atoms with E-state index in [0.717, 1.165) is 0 Å². The predicted octanol–water partition coefficient (Wildman–Crippen LogP) is 0.298. The maximum atomic E-state index is 10.7. The second kappa shape index (κ2) is 7.35. The molecule has 0 heterocycles. The molecule has 0 atom stereocenters. The molecule has 5 nitrogen and oxygen atoms in total. The van der Waals surface area contributed by atoms with Gasteiger partial charge in [-0.25, -0.2) is 10.2 Å². The average Bonchev–Trinajstić information content (AvgIpc) is 2.12. The Balaban J connectivity index is 3.45. The monoisotopic (exact) mass is 203 g/mol. The van der Waals surface area contributed by atoms with E-state index in [2.05, 4.69) is 27.5 Å². The van der Waals surface area contributed by atoms with Crippen molar-refractivity contribution in [1.82, 2.24) is 16.2 Å². The van der Waals surface area contributed by atoms with Crippen molar-refractivity contribution in [2.75, 3.05) is 13.2 Å². The standard InChI is InChI=1S/C7H13N3O2S/c1-3-5-8-6(13)9-10-7(11)12-4-2/h3H,1,4-5H2,2H3,(H,10,11)(H2,8,9,13). The van der Waals surface area contributed by atoms with E-state index in [1.807, 2.05) is 0 Å². The Morgan fingerprint density at radius 2 is 2.31 bits per heavy atom. The largest absolute Gasteiger partial charge is 0.449 e. The van der Waals surface area contributed by atoms with E-state index in [9.17, 15) is 4.79 Å². The van der Waals surface area contributed by atoms with Gasteiger partial charge in [-0.3, -0.25) is 5.43 Å². The molecule has 0 unspecified atom stereocenters. The van der Waals surface area contributed by atoms with E-state index in [-0.39, 0.29) is 0 Å². The summed E-state index contributed by atoms with van der Waals surface area (Å²) in [4.78, 5) is 10.7. The van der Waals surface area contributed by atoms with Crippen LogP contribution in [0.25, 0.3) is 0 Å². The molecule has 0 fully saturated rings. The van der Waals surface area contributed by atoms with Crippen molar-refractivity contribution in [2.45, 2.75) is 6.92 Å². The molecule has 74 valence electrons. The van der Waals surface area contributed by atoms with Crippen molar-refractivity contribution in [3.05, 3.63) is 12.7 Å². The summed E-state index contributed by atoms with van der Waals surface area (Å²) in [5.41, 5.74) is 4.69. The highest BCUT2D eigenvalue weighted by molar-refractivity contribution is 7.80. The van der Waals surface area contributed by atoms with Crippen LogP contribution in [0.1, 0.15) is 6.92 Å². The van der Waals surface area contributed by atoms with E-state index in [1.165, 1.54) is 0 Å². The first-order chi connectivity index (χ1) is 6.20. The maximum Gasteiger partial charge on any atom is 0.425 e. The van der Waals surface area contributed by atoms with Gasteiger partial charge in [-0.05, 0) is 19.1 Å². The smallest absolute Gasteiger partial charge is 0.425 e. The second-order valence-electron chi connectivity index (χ2n) is 1.97. The van der Waals surface area contributed by atoms with Crippen molar-refractivity contribution >= 4 is 23.4 Å². The Morgan fingerprint density at radius 3 is 2.85 bits per heavy atom. The first kappa shape index (κ1) is 11.7. The topological polar surface area (TPSA) is 62.4 Å². The number of hydrogen-bond donors (Lipinski definition) is 3. The van der Waals surface area contributed by atoms with E-state index < -0.39 is 6.09 Å². The minimum absolute atomic E-state index is 0.313. The minimum Gasteiger partial charge on any atom is -0.449 e. The third-order valence-corrected chi connectivity index (χ3v) is 1.21. The predicted molar refractivity (Wildman–Crippen MR) is 54.1 cm³/mol. The van der Waals surface area contributed by atoms with Crippen LogP contribution in [-0.4, -0.2) is 24.4 Å². The number of rotatable bonds is 3. The van der Waals surface area contributed by atoms with Gasteiger partial charge in [0.15, 0.2) is 5.11 Å². The van der Waals surface area contributed by atoms with Gasteiger partial charge in [-0.15, -0.1) is 6.58 Å². The van der Waals surface area contributed by atoms with Gasteiger partial charge in [0, 0.05) is 6.54 Å². The normalized spacial score (nSPS) is 8.38. The first-order valence-corrected chi connectivity index (χ1v) is 4.19. The molecule has 0 aromatic heterocycles. The molecule has 0 rings (SSSR count). The third kappa shape index (κ3) is 7.07. The SMILES string of the molecule is C=CCNC(=S)NNC(=O)OCC. The number of nitrogens with one attached hydrogen (secondary N) is 3. The average molecular weight is 203 g/mol. The van der Waals surface area contributed by atoms with Crippen LogP contribution in [0, 0.1) is 0 Å². The molecule has 6 heteroatoms. The Morgan fingerprint density at radius 1 is 1.62 bits per heavy atom. The highest BCUT2D eigenvalue weighted by Crippen LogP contribution is 1.73. The second-order valence-corrected chi connectivity index (χ2v) is 2.38. The molecule has 0 saturated heterocycles. The highest BCUT2D eigenvalue weighted by atomic mass is 32.1. The number of thiocarbonyl (C=S) groups is 1. The van der Waals surface area contributed by atoms with Crippen LogP contribution in [0.2, 0.25) is 0 Å². The summed E-state index contributed by atoms with van der Waals surface area (Å²) in [6.45, 7) is 6.07. The molecular weight excluding hydrogens is 190 g/mol. The molecule has 0 aromatic carbocycles. The summed E-state index contributed by atoms with van der Waals surface area (Å²) < 4.78 is 4.58. The van der Waals surface area contributed by atoms with Gasteiger partial charge in [0.05, 0.1) is 6.61 Å². The van der Waals surface area contributed by atoms with Gasteiger partial charge in [-0.1, -0.05) is 6.08 Å². The highest BCUT2D eigenvalue weighted by Gasteiger charge is 1.98. The van der Waals surface area contributed by atoms with Gasteiger partial charge >= 0.3 is 6.09 Å². The maximum absolute atomic E-state index is 10.7. The summed E-state index contributed by atoms with van der Waals surface area (Å²) >= 11 is 4.78. The lowest BCUT2D eigenvalue weighted by molar-refractivity contribution is 0.150. The van der Waals surface area contributed by atoms with Crippen LogP contribution < -0.4 is 16.2 Å². The van der Waals surface area contributed by atoms with E-state index in [1.54, 1.807) is 13.0 Å². The van der Waals surface area contributed by atoms with Crippen molar-refractivity contribution in [2.24, 2.45) is 0 Å². The number of carbonyl (C=O) groups excluding carboxylic acids is 1. The number of ether oxygens (including phenoxy) is 1. The zero-order chi connectivity index (χ0) is 10.1. The molecule has 3 N–H and O–H groups in total. The Kier molecular flexibility index (Phi) is 6.62. The molecule has 0 aliphatic carbocycles. The lowest BCUT2D eigenvalue weighted by atomic mass is 10.6. The quantitative estimate of drug-likeness (QED) is 0.350. The molecule has 0 aromatic rings. The molecule has 0 spiro atoms. The molecule has 13 heavy (non-hydrogen) atoms. The lowest BCUT2D eigenvalue weighted by Crippen LogP contribution is -2.46. The fourth-order valence-corrected chi connectivity index (χ4v) is 0.618. The fraction of sp³-hybridized carbons (Fsp3) is 0.429. The summed E-state index contributed by atoms with van der Waals surface area (Å²) in [5.74, 6) is 0. The third-order valence-electron chi connectivity index (χ3n) is 0.960. The molecule has 1 amide bonds. The zero-order valence-electron chi connectivity index (χ0n) is 7.42. The summed E-state index contributed by atoms with van der Waals surface area (Å²) in [7, 11) is 0. The molecular formula is C7H13N3O2S. The Labute approximate surface area is 82.5 Å². The van der Waals surface area contributed by atoms with Gasteiger partial charge in [-0.2, -0.15) is 0 Å². The van der Waals surface area contributed by atoms with E-state index in [0.29, 0.717) is 18.3 Å². The fourth-order valence-electron chi connectivity index (χ4n) is 0.484. The first-order valence-electron chi connectivity index (χ1n) is 3.78. The van der Waals surface area contributed by atoms with Gasteiger partial charge < -0.3 is 10.1 Å². The van der Waals surface area contributed by atoms with Crippen LogP contribution in [0.3, 0.4) is 0 Å². The molecule has 0 aliphatic rings. The molecule has 0 radical (unpaired) electrons.